The Labute approximate surface area is 150 Å². The van der Waals surface area contributed by atoms with Crippen molar-refractivity contribution in [2.45, 2.75) is 20.8 Å². The number of benzene rings is 1. The molecule has 1 aromatic heterocycles. The number of esters is 1. The van der Waals surface area contributed by atoms with Gasteiger partial charge in [0.2, 0.25) is 5.78 Å². The number of halogens is 1. The Morgan fingerprint density at radius 3 is 2.56 bits per heavy atom. The van der Waals surface area contributed by atoms with Gasteiger partial charge in [-0.2, -0.15) is 0 Å². The fourth-order valence-corrected chi connectivity index (χ4v) is 2.79. The van der Waals surface area contributed by atoms with E-state index in [-0.39, 0.29) is 11.5 Å². The largest absolute Gasteiger partial charge is 0.454 e. The van der Waals surface area contributed by atoms with Gasteiger partial charge in [0.1, 0.15) is 0 Å². The predicted molar refractivity (Wildman–Crippen MR) is 96.0 cm³/mol. The van der Waals surface area contributed by atoms with Gasteiger partial charge in [-0.25, -0.2) is 4.79 Å². The van der Waals surface area contributed by atoms with Crippen molar-refractivity contribution in [1.82, 2.24) is 4.98 Å². The molecule has 2 rings (SSSR count). The molecule has 130 valence electrons. The topological polar surface area (TPSA) is 76.2 Å². The molecule has 0 aliphatic heterocycles. The van der Waals surface area contributed by atoms with E-state index >= 15 is 0 Å². The zero-order chi connectivity index (χ0) is 18.6. The van der Waals surface area contributed by atoms with Crippen LogP contribution >= 0.6 is 11.6 Å². The Morgan fingerprint density at radius 1 is 1.24 bits per heavy atom. The van der Waals surface area contributed by atoms with Crippen LogP contribution in [-0.4, -0.2) is 29.1 Å². The minimum atomic E-state index is -0.638. The van der Waals surface area contributed by atoms with Crippen molar-refractivity contribution in [2.24, 2.45) is 0 Å². The van der Waals surface area contributed by atoms with Crippen molar-refractivity contribution in [3.63, 3.8) is 0 Å². The van der Waals surface area contributed by atoms with E-state index < -0.39 is 18.4 Å². The minimum absolute atomic E-state index is 0.119. The Hall–Kier alpha value is -2.66. The molecule has 25 heavy (non-hydrogen) atoms. The average molecular weight is 360 g/mol. The molecule has 0 atom stereocenters. The fraction of sp³-hybridized carbons (Fsp3) is 0.211. The molecule has 0 fully saturated rings. The highest BCUT2D eigenvalue weighted by Gasteiger charge is 2.20. The van der Waals surface area contributed by atoms with E-state index in [9.17, 15) is 14.4 Å². The van der Waals surface area contributed by atoms with Crippen molar-refractivity contribution < 1.29 is 19.1 Å². The zero-order valence-corrected chi connectivity index (χ0v) is 14.9. The molecule has 1 N–H and O–H groups in total. The number of carbonyl (C=O) groups excluding carboxylic acids is 3. The first-order chi connectivity index (χ1) is 11.8. The lowest BCUT2D eigenvalue weighted by atomic mass is 10.1. The molecule has 0 radical (unpaired) electrons. The van der Waals surface area contributed by atoms with Gasteiger partial charge in [-0.1, -0.05) is 23.7 Å². The molecule has 0 unspecified atom stereocenters. The molecule has 0 bridgehead atoms. The Bertz CT molecular complexity index is 864. The van der Waals surface area contributed by atoms with E-state index in [0.717, 1.165) is 5.56 Å². The smallest absolute Gasteiger partial charge is 0.331 e. The molecule has 6 heteroatoms. The first kappa shape index (κ1) is 18.7. The monoisotopic (exact) mass is 359 g/mol. The van der Waals surface area contributed by atoms with Gasteiger partial charge in [0.05, 0.1) is 5.69 Å². The van der Waals surface area contributed by atoms with Crippen LogP contribution in [0.25, 0.3) is 6.08 Å². The Kier molecular flexibility index (Phi) is 5.93. The molecule has 0 aliphatic carbocycles. The van der Waals surface area contributed by atoms with Crippen molar-refractivity contribution in [2.75, 3.05) is 6.61 Å². The lowest BCUT2D eigenvalue weighted by Gasteiger charge is -2.02. The van der Waals surface area contributed by atoms with E-state index in [4.69, 9.17) is 16.3 Å². The van der Waals surface area contributed by atoms with Gasteiger partial charge in [-0.15, -0.1) is 0 Å². The first-order valence-corrected chi connectivity index (χ1v) is 8.01. The number of ether oxygens (including phenoxy) is 1. The molecule has 0 spiro atoms. The van der Waals surface area contributed by atoms with Crippen molar-refractivity contribution in [3.05, 3.63) is 63.4 Å². The van der Waals surface area contributed by atoms with Gasteiger partial charge >= 0.3 is 5.97 Å². The number of H-pyrrole nitrogens is 1. The number of aromatic nitrogens is 1. The predicted octanol–water partition coefficient (Wildman–Crippen LogP) is 3.93. The van der Waals surface area contributed by atoms with Crippen LogP contribution in [0.15, 0.2) is 30.3 Å². The number of aryl methyl sites for hydroxylation is 1. The molecule has 5 nitrogen and oxygen atoms in total. The molecule has 1 aromatic carbocycles. The Balaban J connectivity index is 1.99. The molecule has 1 heterocycles. The normalized spacial score (nSPS) is 10.9. The first-order valence-electron chi connectivity index (χ1n) is 7.63. The number of Topliss-reactive ketones (excluding diaryl/α,β-unsaturated/α-hetero) is 2. The van der Waals surface area contributed by atoms with E-state index in [2.05, 4.69) is 4.98 Å². The third-order valence-corrected chi connectivity index (χ3v) is 3.91. The molecular weight excluding hydrogens is 342 g/mol. The summed E-state index contributed by atoms with van der Waals surface area (Å²) in [4.78, 5) is 38.4. The van der Waals surface area contributed by atoms with Crippen LogP contribution in [0.3, 0.4) is 0 Å². The lowest BCUT2D eigenvalue weighted by molar-refractivity contribution is -0.136. The summed E-state index contributed by atoms with van der Waals surface area (Å²) in [5, 5.41) is 0.560. The highest BCUT2D eigenvalue weighted by atomic mass is 35.5. The van der Waals surface area contributed by atoms with Crippen molar-refractivity contribution in [1.29, 1.82) is 0 Å². The second-order valence-corrected chi connectivity index (χ2v) is 6.04. The van der Waals surface area contributed by atoms with Gasteiger partial charge in [0.25, 0.3) is 0 Å². The quantitative estimate of drug-likeness (QED) is 0.481. The third kappa shape index (κ3) is 4.67. The van der Waals surface area contributed by atoms with Gasteiger partial charge in [0.15, 0.2) is 12.4 Å². The maximum atomic E-state index is 12.2. The van der Waals surface area contributed by atoms with Crippen molar-refractivity contribution in [3.8, 4) is 0 Å². The number of hydrogen-bond donors (Lipinski definition) is 1. The van der Waals surface area contributed by atoms with Crippen LogP contribution < -0.4 is 0 Å². The summed E-state index contributed by atoms with van der Waals surface area (Å²) in [6, 6.07) is 6.98. The fourth-order valence-electron chi connectivity index (χ4n) is 2.59. The van der Waals surface area contributed by atoms with Crippen LogP contribution in [0.2, 0.25) is 5.02 Å². The van der Waals surface area contributed by atoms with Crippen LogP contribution in [0.1, 0.15) is 44.6 Å². The molecule has 0 amide bonds. The maximum absolute atomic E-state index is 12.2. The number of ketones is 2. The van der Waals surface area contributed by atoms with Crippen LogP contribution in [0.5, 0.6) is 0 Å². The summed E-state index contributed by atoms with van der Waals surface area (Å²) in [7, 11) is 0. The van der Waals surface area contributed by atoms with Gasteiger partial charge in [-0.3, -0.25) is 9.59 Å². The summed E-state index contributed by atoms with van der Waals surface area (Å²) < 4.78 is 4.96. The molecule has 2 aromatic rings. The maximum Gasteiger partial charge on any atom is 0.331 e. The summed E-state index contributed by atoms with van der Waals surface area (Å²) in [5.74, 6) is -1.15. The van der Waals surface area contributed by atoms with Crippen LogP contribution in [-0.2, 0) is 9.53 Å². The van der Waals surface area contributed by atoms with E-state index in [0.29, 0.717) is 21.8 Å². The molecule has 0 saturated carbocycles. The lowest BCUT2D eigenvalue weighted by Crippen LogP contribution is -2.14. The average Bonchev–Trinajstić information content (AvgIpc) is 2.85. The number of nitrogens with one attached hydrogen (secondary N) is 1. The standard InChI is InChI=1S/C19H18ClNO4/c1-11-18(13(3)22)12(2)21-19(11)16(23)10-25-17(24)8-7-14-5-4-6-15(20)9-14/h4-9,21H,10H2,1-3H3. The Morgan fingerprint density at radius 2 is 1.96 bits per heavy atom. The highest BCUT2D eigenvalue weighted by molar-refractivity contribution is 6.30. The second kappa shape index (κ2) is 7.94. The number of carbonyl (C=O) groups is 3. The molecule has 0 aliphatic rings. The number of rotatable bonds is 6. The van der Waals surface area contributed by atoms with Gasteiger partial charge in [-0.05, 0) is 50.1 Å². The summed E-state index contributed by atoms with van der Waals surface area (Å²) >= 11 is 5.86. The minimum Gasteiger partial charge on any atom is -0.454 e. The van der Waals surface area contributed by atoms with Gasteiger partial charge < -0.3 is 9.72 Å². The van der Waals surface area contributed by atoms with Crippen LogP contribution in [0, 0.1) is 13.8 Å². The highest BCUT2D eigenvalue weighted by Crippen LogP contribution is 2.19. The third-order valence-electron chi connectivity index (χ3n) is 3.67. The van der Waals surface area contributed by atoms with Crippen LogP contribution in [0.4, 0.5) is 0 Å². The van der Waals surface area contributed by atoms with E-state index in [1.165, 1.54) is 13.0 Å². The second-order valence-electron chi connectivity index (χ2n) is 5.60. The zero-order valence-electron chi connectivity index (χ0n) is 14.2. The van der Waals surface area contributed by atoms with Gasteiger partial charge in [0, 0.05) is 22.4 Å². The van der Waals surface area contributed by atoms with E-state index in [1.54, 1.807) is 44.2 Å². The SMILES string of the molecule is CC(=O)c1c(C)[nH]c(C(=O)COC(=O)C=Cc2cccc(Cl)c2)c1C. The summed E-state index contributed by atoms with van der Waals surface area (Å²) in [5.41, 5.74) is 2.73. The van der Waals surface area contributed by atoms with E-state index in [1.807, 2.05) is 0 Å². The molecule has 0 saturated heterocycles. The molecular formula is C19H18ClNO4. The van der Waals surface area contributed by atoms with Crippen molar-refractivity contribution >= 4 is 35.2 Å². The summed E-state index contributed by atoms with van der Waals surface area (Å²) in [6.45, 7) is 4.45. The number of hydrogen-bond acceptors (Lipinski definition) is 4. The summed E-state index contributed by atoms with van der Waals surface area (Å²) in [6.07, 6.45) is 2.78. The number of aromatic amines is 1.